The van der Waals surface area contributed by atoms with Crippen LogP contribution in [0.5, 0.6) is 0 Å². The molecular weight excluding hydrogens is 288 g/mol. The molecule has 2 aliphatic heterocycles. The molecule has 2 aromatic rings. The number of nitrogens with zero attached hydrogens (tertiary/aromatic N) is 2. The van der Waals surface area contributed by atoms with Crippen molar-refractivity contribution < 1.29 is 4.42 Å². The van der Waals surface area contributed by atoms with Crippen molar-refractivity contribution in [2.75, 3.05) is 19.3 Å². The first kappa shape index (κ1) is 12.4. The SMILES string of the molecule is CSc1ccc(C2=C(C)SC3=NCCN32)c2occc12. The Morgan fingerprint density at radius 1 is 1.35 bits per heavy atom. The first-order valence-electron chi connectivity index (χ1n) is 6.55. The molecule has 20 heavy (non-hydrogen) atoms. The molecule has 0 amide bonds. The van der Waals surface area contributed by atoms with Crippen LogP contribution in [0.4, 0.5) is 0 Å². The zero-order valence-electron chi connectivity index (χ0n) is 11.3. The molecule has 0 fully saturated rings. The van der Waals surface area contributed by atoms with Gasteiger partial charge in [0, 0.05) is 27.3 Å². The van der Waals surface area contributed by atoms with E-state index in [1.54, 1.807) is 29.8 Å². The molecule has 0 radical (unpaired) electrons. The van der Waals surface area contributed by atoms with Crippen LogP contribution >= 0.6 is 23.5 Å². The highest BCUT2D eigenvalue weighted by Crippen LogP contribution is 2.44. The minimum absolute atomic E-state index is 0.892. The number of amidine groups is 1. The third kappa shape index (κ3) is 1.66. The maximum absolute atomic E-state index is 5.78. The van der Waals surface area contributed by atoms with E-state index < -0.39 is 0 Å². The molecule has 2 aliphatic rings. The van der Waals surface area contributed by atoms with Crippen LogP contribution in [0.3, 0.4) is 0 Å². The second kappa shape index (κ2) is 4.60. The minimum atomic E-state index is 0.892. The second-order valence-electron chi connectivity index (χ2n) is 4.80. The van der Waals surface area contributed by atoms with Gasteiger partial charge in [-0.05, 0) is 31.4 Å². The molecule has 0 saturated heterocycles. The molecule has 0 atom stereocenters. The number of fused-ring (bicyclic) bond motifs is 2. The minimum Gasteiger partial charge on any atom is -0.464 e. The summed E-state index contributed by atoms with van der Waals surface area (Å²) in [5.74, 6) is 0. The Kier molecular flexibility index (Phi) is 2.86. The average Bonchev–Trinajstić information content (AvgIpc) is 3.12. The predicted octanol–water partition coefficient (Wildman–Crippen LogP) is 4.26. The molecule has 0 unspecified atom stereocenters. The number of thioether (sulfide) groups is 2. The van der Waals surface area contributed by atoms with E-state index in [2.05, 4.69) is 41.3 Å². The molecule has 0 spiro atoms. The smallest absolute Gasteiger partial charge is 0.168 e. The number of rotatable bonds is 2. The fourth-order valence-corrected chi connectivity index (χ4v) is 4.46. The van der Waals surface area contributed by atoms with Gasteiger partial charge in [0.05, 0.1) is 18.5 Å². The largest absolute Gasteiger partial charge is 0.464 e. The van der Waals surface area contributed by atoms with Gasteiger partial charge in [-0.15, -0.1) is 11.8 Å². The number of hydrogen-bond donors (Lipinski definition) is 0. The number of aliphatic imine (C=N–C) groups is 1. The van der Waals surface area contributed by atoms with Crippen LogP contribution < -0.4 is 0 Å². The summed E-state index contributed by atoms with van der Waals surface area (Å²) < 4.78 is 5.78. The summed E-state index contributed by atoms with van der Waals surface area (Å²) >= 11 is 3.52. The highest BCUT2D eigenvalue weighted by Gasteiger charge is 2.32. The van der Waals surface area contributed by atoms with Crippen LogP contribution in [0.2, 0.25) is 0 Å². The van der Waals surface area contributed by atoms with Gasteiger partial charge in [0.15, 0.2) is 5.17 Å². The van der Waals surface area contributed by atoms with E-state index in [9.17, 15) is 0 Å². The summed E-state index contributed by atoms with van der Waals surface area (Å²) in [6, 6.07) is 6.42. The van der Waals surface area contributed by atoms with Crippen molar-refractivity contribution in [3.05, 3.63) is 34.9 Å². The van der Waals surface area contributed by atoms with Gasteiger partial charge in [0.1, 0.15) is 5.58 Å². The molecule has 1 aromatic heterocycles. The van der Waals surface area contributed by atoms with E-state index in [-0.39, 0.29) is 0 Å². The Bertz CT molecular complexity index is 760. The Labute approximate surface area is 126 Å². The van der Waals surface area contributed by atoms with Gasteiger partial charge in [-0.2, -0.15) is 0 Å². The molecule has 1 aromatic carbocycles. The van der Waals surface area contributed by atoms with Crippen LogP contribution in [0.15, 0.2) is 43.7 Å². The third-order valence-electron chi connectivity index (χ3n) is 3.70. The van der Waals surface area contributed by atoms with E-state index in [1.165, 1.54) is 26.4 Å². The zero-order chi connectivity index (χ0) is 13.7. The fourth-order valence-electron chi connectivity index (χ4n) is 2.83. The quantitative estimate of drug-likeness (QED) is 0.775. The van der Waals surface area contributed by atoms with Crippen LogP contribution in [-0.2, 0) is 0 Å². The Morgan fingerprint density at radius 2 is 2.25 bits per heavy atom. The molecular formula is C15H14N2OS2. The first-order chi connectivity index (χ1) is 9.79. The topological polar surface area (TPSA) is 28.7 Å². The van der Waals surface area contributed by atoms with Gasteiger partial charge in [-0.25, -0.2) is 0 Å². The first-order valence-corrected chi connectivity index (χ1v) is 8.59. The molecule has 102 valence electrons. The van der Waals surface area contributed by atoms with Crippen LogP contribution in [0.1, 0.15) is 12.5 Å². The highest BCUT2D eigenvalue weighted by atomic mass is 32.2. The maximum atomic E-state index is 5.78. The molecule has 0 saturated carbocycles. The lowest BCUT2D eigenvalue weighted by Gasteiger charge is -2.17. The van der Waals surface area contributed by atoms with Gasteiger partial charge in [-0.3, -0.25) is 4.99 Å². The van der Waals surface area contributed by atoms with Gasteiger partial charge in [0.2, 0.25) is 0 Å². The lowest BCUT2D eigenvalue weighted by atomic mass is 10.1. The fraction of sp³-hybridized carbons (Fsp3) is 0.267. The average molecular weight is 302 g/mol. The monoisotopic (exact) mass is 302 g/mol. The molecule has 4 rings (SSSR count). The summed E-state index contributed by atoms with van der Waals surface area (Å²) in [6.07, 6.45) is 3.88. The maximum Gasteiger partial charge on any atom is 0.168 e. The van der Waals surface area contributed by atoms with E-state index in [0.29, 0.717) is 0 Å². The molecule has 3 heterocycles. The van der Waals surface area contributed by atoms with E-state index in [1.807, 2.05) is 0 Å². The number of benzene rings is 1. The van der Waals surface area contributed by atoms with Crippen molar-refractivity contribution in [3.63, 3.8) is 0 Å². The van der Waals surface area contributed by atoms with Crippen LogP contribution in [-0.4, -0.2) is 29.4 Å². The number of allylic oxidation sites excluding steroid dienone is 1. The molecule has 0 bridgehead atoms. The van der Waals surface area contributed by atoms with Crippen LogP contribution in [0, 0.1) is 0 Å². The third-order valence-corrected chi connectivity index (χ3v) is 5.53. The standard InChI is InChI=1S/C15H14N2OS2/c1-9-13(17-7-6-16-15(17)20-9)11-3-4-12(19-2)10-5-8-18-14(10)11/h3-5,8H,6-7H2,1-2H3. The Morgan fingerprint density at radius 3 is 3.10 bits per heavy atom. The van der Waals surface area contributed by atoms with Gasteiger partial charge < -0.3 is 9.32 Å². The lowest BCUT2D eigenvalue weighted by Crippen LogP contribution is -2.20. The van der Waals surface area contributed by atoms with Crippen LogP contribution in [0.25, 0.3) is 16.7 Å². The van der Waals surface area contributed by atoms with Crippen molar-refractivity contribution >= 4 is 45.4 Å². The van der Waals surface area contributed by atoms with Gasteiger partial charge >= 0.3 is 0 Å². The molecule has 0 N–H and O–H groups in total. The molecule has 3 nitrogen and oxygen atoms in total. The summed E-state index contributed by atoms with van der Waals surface area (Å²) in [7, 11) is 0. The second-order valence-corrected chi connectivity index (χ2v) is 6.83. The van der Waals surface area contributed by atoms with Gasteiger partial charge in [-0.1, -0.05) is 11.8 Å². The lowest BCUT2D eigenvalue weighted by molar-refractivity contribution is 0.607. The number of hydrogen-bond acceptors (Lipinski definition) is 5. The summed E-state index contributed by atoms with van der Waals surface area (Å²) in [5, 5.41) is 2.33. The highest BCUT2D eigenvalue weighted by molar-refractivity contribution is 8.17. The summed E-state index contributed by atoms with van der Waals surface area (Å²) in [6.45, 7) is 4.03. The van der Waals surface area contributed by atoms with E-state index in [4.69, 9.17) is 4.42 Å². The predicted molar refractivity (Wildman–Crippen MR) is 87.2 cm³/mol. The van der Waals surface area contributed by atoms with E-state index in [0.717, 1.165) is 23.8 Å². The number of furan rings is 1. The van der Waals surface area contributed by atoms with E-state index >= 15 is 0 Å². The normalized spacial score (nSPS) is 18.1. The molecule has 5 heteroatoms. The van der Waals surface area contributed by atoms with Crippen molar-refractivity contribution in [3.8, 4) is 0 Å². The Hall–Kier alpha value is -1.33. The van der Waals surface area contributed by atoms with Crippen molar-refractivity contribution in [2.45, 2.75) is 11.8 Å². The zero-order valence-corrected chi connectivity index (χ0v) is 13.0. The van der Waals surface area contributed by atoms with Crippen molar-refractivity contribution in [1.29, 1.82) is 0 Å². The van der Waals surface area contributed by atoms with Crippen molar-refractivity contribution in [1.82, 2.24) is 4.90 Å². The molecule has 0 aliphatic carbocycles. The summed E-state index contributed by atoms with van der Waals surface area (Å²) in [4.78, 5) is 9.43. The van der Waals surface area contributed by atoms with Crippen molar-refractivity contribution in [2.24, 2.45) is 4.99 Å². The summed E-state index contributed by atoms with van der Waals surface area (Å²) in [5.41, 5.74) is 3.43. The Balaban J connectivity index is 1.93. The van der Waals surface area contributed by atoms with Gasteiger partial charge in [0.25, 0.3) is 0 Å².